The number of ether oxygens (including phenoxy) is 1. The minimum absolute atomic E-state index is 0.271. The van der Waals surface area contributed by atoms with Gasteiger partial charge in [0.1, 0.15) is 5.41 Å². The zero-order valence-electron chi connectivity index (χ0n) is 11.2. The molecule has 1 aliphatic carbocycles. The summed E-state index contributed by atoms with van der Waals surface area (Å²) in [6, 6.07) is 3.65. The molecule has 0 aliphatic heterocycles. The Bertz CT molecular complexity index is 605. The van der Waals surface area contributed by atoms with Gasteiger partial charge in [-0.1, -0.05) is 11.6 Å². The minimum atomic E-state index is -0.747. The van der Waals surface area contributed by atoms with Gasteiger partial charge >= 0.3 is 5.97 Å². The maximum Gasteiger partial charge on any atom is 0.321 e. The molecular weight excluding hydrogens is 258 g/mol. The summed E-state index contributed by atoms with van der Waals surface area (Å²) >= 11 is 0. The lowest BCUT2D eigenvalue weighted by Crippen LogP contribution is -2.44. The van der Waals surface area contributed by atoms with Crippen molar-refractivity contribution in [1.29, 1.82) is 0 Å². The van der Waals surface area contributed by atoms with Crippen molar-refractivity contribution in [3.63, 3.8) is 0 Å². The first-order valence-corrected chi connectivity index (χ1v) is 6.68. The summed E-state index contributed by atoms with van der Waals surface area (Å²) in [5, 5.41) is 3.94. The van der Waals surface area contributed by atoms with Gasteiger partial charge in [-0.3, -0.25) is 9.78 Å². The third kappa shape index (κ3) is 1.97. The topological polar surface area (TPSA) is 78.1 Å². The van der Waals surface area contributed by atoms with Crippen molar-refractivity contribution in [2.75, 3.05) is 6.61 Å². The fraction of sp³-hybridized carbons (Fsp3) is 0.429. The van der Waals surface area contributed by atoms with Crippen LogP contribution in [0.15, 0.2) is 29.0 Å². The van der Waals surface area contributed by atoms with Gasteiger partial charge in [0.25, 0.3) is 0 Å². The predicted octanol–water partition coefficient (Wildman–Crippen LogP) is 2.12. The van der Waals surface area contributed by atoms with E-state index < -0.39 is 5.41 Å². The van der Waals surface area contributed by atoms with E-state index in [-0.39, 0.29) is 5.97 Å². The Kier molecular flexibility index (Phi) is 3.22. The number of nitrogens with zero attached hydrogens (tertiary/aromatic N) is 3. The highest BCUT2D eigenvalue weighted by molar-refractivity contribution is 5.83. The lowest BCUT2D eigenvalue weighted by Gasteiger charge is -2.35. The van der Waals surface area contributed by atoms with Gasteiger partial charge in [0.2, 0.25) is 11.7 Å². The Balaban J connectivity index is 1.91. The van der Waals surface area contributed by atoms with E-state index in [1.165, 1.54) is 0 Å². The van der Waals surface area contributed by atoms with Gasteiger partial charge in [-0.25, -0.2) is 0 Å². The van der Waals surface area contributed by atoms with Crippen molar-refractivity contribution in [2.45, 2.75) is 31.6 Å². The van der Waals surface area contributed by atoms with Crippen molar-refractivity contribution >= 4 is 5.97 Å². The molecule has 2 aromatic heterocycles. The number of pyridine rings is 1. The van der Waals surface area contributed by atoms with E-state index in [0.717, 1.165) is 12.0 Å². The molecule has 1 saturated carbocycles. The highest BCUT2D eigenvalue weighted by Crippen LogP contribution is 2.44. The average Bonchev–Trinajstić information content (AvgIpc) is 2.89. The molecule has 0 bridgehead atoms. The van der Waals surface area contributed by atoms with Crippen LogP contribution in [0.5, 0.6) is 0 Å². The van der Waals surface area contributed by atoms with Crippen LogP contribution in [0, 0.1) is 0 Å². The Morgan fingerprint density at radius 1 is 1.50 bits per heavy atom. The Hall–Kier alpha value is -2.24. The second-order valence-corrected chi connectivity index (χ2v) is 4.82. The summed E-state index contributed by atoms with van der Waals surface area (Å²) in [6.45, 7) is 2.14. The molecule has 0 N–H and O–H groups in total. The van der Waals surface area contributed by atoms with Gasteiger partial charge < -0.3 is 9.26 Å². The molecule has 1 fully saturated rings. The molecule has 2 aromatic rings. The van der Waals surface area contributed by atoms with Crippen molar-refractivity contribution < 1.29 is 14.1 Å². The van der Waals surface area contributed by atoms with Crippen LogP contribution in [0.3, 0.4) is 0 Å². The SMILES string of the molecule is CCOC(=O)C1(c2nc(-c3cccnc3)no2)CCC1. The fourth-order valence-electron chi connectivity index (χ4n) is 2.34. The number of esters is 1. The maximum absolute atomic E-state index is 12.1. The number of carbonyl (C=O) groups is 1. The Labute approximate surface area is 116 Å². The summed E-state index contributed by atoms with van der Waals surface area (Å²) in [6.07, 6.45) is 5.69. The van der Waals surface area contributed by atoms with Gasteiger partial charge in [0.05, 0.1) is 6.61 Å². The first-order valence-electron chi connectivity index (χ1n) is 6.68. The van der Waals surface area contributed by atoms with Crippen LogP contribution in [0.2, 0.25) is 0 Å². The first-order chi connectivity index (χ1) is 9.76. The lowest BCUT2D eigenvalue weighted by molar-refractivity contribution is -0.155. The summed E-state index contributed by atoms with van der Waals surface area (Å²) in [5.74, 6) is 0.525. The first kappa shape index (κ1) is 12.8. The van der Waals surface area contributed by atoms with Crippen LogP contribution < -0.4 is 0 Å². The highest BCUT2D eigenvalue weighted by atomic mass is 16.5. The number of hydrogen-bond acceptors (Lipinski definition) is 6. The van der Waals surface area contributed by atoms with Gasteiger partial charge in [-0.05, 0) is 31.9 Å². The number of carbonyl (C=O) groups excluding carboxylic acids is 1. The van der Waals surface area contributed by atoms with Gasteiger partial charge in [-0.2, -0.15) is 4.98 Å². The Morgan fingerprint density at radius 3 is 2.95 bits per heavy atom. The zero-order chi connectivity index (χ0) is 14.0. The number of aromatic nitrogens is 3. The number of hydrogen-bond donors (Lipinski definition) is 0. The van der Waals surface area contributed by atoms with Crippen LogP contribution in [-0.4, -0.2) is 27.7 Å². The van der Waals surface area contributed by atoms with E-state index in [0.29, 0.717) is 31.2 Å². The van der Waals surface area contributed by atoms with Crippen LogP contribution in [0.25, 0.3) is 11.4 Å². The van der Waals surface area contributed by atoms with E-state index in [9.17, 15) is 4.79 Å². The van der Waals surface area contributed by atoms with Crippen LogP contribution in [0.4, 0.5) is 0 Å². The summed E-state index contributed by atoms with van der Waals surface area (Å²) in [4.78, 5) is 20.5. The van der Waals surface area contributed by atoms with Crippen molar-refractivity contribution in [3.8, 4) is 11.4 Å². The molecule has 20 heavy (non-hydrogen) atoms. The second-order valence-electron chi connectivity index (χ2n) is 4.82. The smallest absolute Gasteiger partial charge is 0.321 e. The minimum Gasteiger partial charge on any atom is -0.465 e. The molecule has 0 radical (unpaired) electrons. The van der Waals surface area contributed by atoms with Crippen molar-refractivity contribution in [3.05, 3.63) is 30.4 Å². The average molecular weight is 273 g/mol. The summed E-state index contributed by atoms with van der Waals surface area (Å²) < 4.78 is 10.4. The summed E-state index contributed by atoms with van der Waals surface area (Å²) in [5.41, 5.74) is 0.0181. The molecule has 1 aliphatic rings. The lowest BCUT2D eigenvalue weighted by atomic mass is 9.68. The van der Waals surface area contributed by atoms with Crippen molar-refractivity contribution in [1.82, 2.24) is 15.1 Å². The molecule has 104 valence electrons. The van der Waals surface area contributed by atoms with Crippen molar-refractivity contribution in [2.24, 2.45) is 0 Å². The summed E-state index contributed by atoms with van der Waals surface area (Å²) in [7, 11) is 0. The van der Waals surface area contributed by atoms with E-state index in [1.807, 2.05) is 6.07 Å². The van der Waals surface area contributed by atoms with E-state index in [4.69, 9.17) is 9.26 Å². The van der Waals surface area contributed by atoms with Gasteiger partial charge in [0.15, 0.2) is 0 Å². The van der Waals surface area contributed by atoms with Gasteiger partial charge in [0, 0.05) is 18.0 Å². The molecular formula is C14H15N3O3. The fourth-order valence-corrected chi connectivity index (χ4v) is 2.34. The van der Waals surface area contributed by atoms with E-state index in [1.54, 1.807) is 25.4 Å². The molecule has 0 aromatic carbocycles. The van der Waals surface area contributed by atoms with Crippen LogP contribution in [-0.2, 0) is 14.9 Å². The molecule has 0 spiro atoms. The molecule has 0 atom stereocenters. The highest BCUT2D eigenvalue weighted by Gasteiger charge is 2.51. The number of rotatable bonds is 4. The molecule has 0 unspecified atom stereocenters. The van der Waals surface area contributed by atoms with Crippen LogP contribution in [0.1, 0.15) is 32.1 Å². The van der Waals surface area contributed by atoms with E-state index in [2.05, 4.69) is 15.1 Å². The zero-order valence-corrected chi connectivity index (χ0v) is 11.2. The largest absolute Gasteiger partial charge is 0.465 e. The molecule has 6 heteroatoms. The quantitative estimate of drug-likeness (QED) is 0.794. The van der Waals surface area contributed by atoms with Gasteiger partial charge in [-0.15, -0.1) is 0 Å². The maximum atomic E-state index is 12.1. The standard InChI is InChI=1S/C14H15N3O3/c1-2-19-13(18)14(6-4-7-14)12-16-11(17-20-12)10-5-3-8-15-9-10/h3,5,8-9H,2,4,6-7H2,1H3. The monoisotopic (exact) mass is 273 g/mol. The molecule has 3 rings (SSSR count). The second kappa shape index (κ2) is 5.03. The molecule has 6 nitrogen and oxygen atoms in total. The third-order valence-corrected chi connectivity index (χ3v) is 3.63. The molecule has 2 heterocycles. The van der Waals surface area contributed by atoms with Crippen LogP contribution >= 0.6 is 0 Å². The molecule has 0 amide bonds. The Morgan fingerprint density at radius 2 is 2.35 bits per heavy atom. The molecule has 0 saturated heterocycles. The third-order valence-electron chi connectivity index (χ3n) is 3.63. The normalized spacial score (nSPS) is 16.4. The predicted molar refractivity (Wildman–Crippen MR) is 69.7 cm³/mol. The van der Waals surface area contributed by atoms with E-state index >= 15 is 0 Å².